The summed E-state index contributed by atoms with van der Waals surface area (Å²) in [5.74, 6) is -1.72. The Morgan fingerprint density at radius 1 is 1.47 bits per heavy atom. The number of hydrogen-bond acceptors (Lipinski definition) is 4. The minimum atomic E-state index is -1.02. The fourth-order valence-corrected chi connectivity index (χ4v) is 2.75. The van der Waals surface area contributed by atoms with Crippen LogP contribution >= 0.6 is 11.3 Å². The number of aliphatic hydroxyl groups is 1. The van der Waals surface area contributed by atoms with Crippen LogP contribution in [0.1, 0.15) is 63.8 Å². The molecule has 0 aromatic carbocycles. The molecule has 0 aliphatic heterocycles. The van der Waals surface area contributed by atoms with Crippen LogP contribution in [0, 0.1) is 5.92 Å². The fourth-order valence-electron chi connectivity index (χ4n) is 1.81. The molecule has 0 aliphatic carbocycles. The Hall–Kier alpha value is -0.940. The summed E-state index contributed by atoms with van der Waals surface area (Å²) in [7, 11) is 0. The first-order valence-corrected chi connectivity index (χ1v) is 7.52. The average Bonchev–Trinajstić information content (AvgIpc) is 2.77. The van der Waals surface area contributed by atoms with Crippen molar-refractivity contribution in [3.63, 3.8) is 0 Å². The van der Waals surface area contributed by atoms with Gasteiger partial charge in [0.15, 0.2) is 0 Å². The van der Waals surface area contributed by atoms with Crippen molar-refractivity contribution in [3.05, 3.63) is 16.1 Å². The zero-order valence-corrected chi connectivity index (χ0v) is 12.8. The molecular formula is C14H23NO3S. The molecular weight excluding hydrogens is 262 g/mol. The second kappa shape index (κ2) is 6.48. The van der Waals surface area contributed by atoms with Gasteiger partial charge in [0.1, 0.15) is 6.10 Å². The van der Waals surface area contributed by atoms with Gasteiger partial charge in [-0.2, -0.15) is 0 Å². The lowest BCUT2D eigenvalue weighted by molar-refractivity contribution is -0.146. The first-order valence-electron chi connectivity index (χ1n) is 6.64. The number of aromatic nitrogens is 1. The van der Waals surface area contributed by atoms with Crippen LogP contribution < -0.4 is 0 Å². The Morgan fingerprint density at radius 3 is 2.53 bits per heavy atom. The number of nitrogens with zero attached hydrogens (tertiary/aromatic N) is 1. The number of carboxylic acid groups (broad SMARTS) is 1. The van der Waals surface area contributed by atoms with Crippen molar-refractivity contribution in [2.24, 2.45) is 5.92 Å². The molecule has 0 saturated heterocycles. The quantitative estimate of drug-likeness (QED) is 0.840. The number of aliphatic carboxylic acids is 1. The van der Waals surface area contributed by atoms with Gasteiger partial charge in [0.25, 0.3) is 0 Å². The third-order valence-electron chi connectivity index (χ3n) is 3.03. The van der Waals surface area contributed by atoms with Gasteiger partial charge < -0.3 is 10.2 Å². The van der Waals surface area contributed by atoms with Crippen molar-refractivity contribution < 1.29 is 15.0 Å². The van der Waals surface area contributed by atoms with Gasteiger partial charge in [-0.3, -0.25) is 4.79 Å². The van der Waals surface area contributed by atoms with Crippen molar-refractivity contribution >= 4 is 17.3 Å². The van der Waals surface area contributed by atoms with Crippen LogP contribution in [0.3, 0.4) is 0 Å². The van der Waals surface area contributed by atoms with Crippen molar-refractivity contribution in [2.45, 2.75) is 58.5 Å². The molecule has 0 fully saturated rings. The van der Waals surface area contributed by atoms with Gasteiger partial charge in [0, 0.05) is 10.8 Å². The monoisotopic (exact) mass is 285 g/mol. The molecule has 0 radical (unpaired) electrons. The molecule has 108 valence electrons. The lowest BCUT2D eigenvalue weighted by Gasteiger charge is -2.18. The van der Waals surface area contributed by atoms with Crippen LogP contribution in [0.15, 0.2) is 5.38 Å². The minimum Gasteiger partial charge on any atom is -0.481 e. The molecule has 0 aliphatic rings. The summed E-state index contributed by atoms with van der Waals surface area (Å²) in [6.45, 7) is 8.15. The molecule has 1 heterocycles. The number of carbonyl (C=O) groups is 1. The zero-order valence-electron chi connectivity index (χ0n) is 12.0. The third kappa shape index (κ3) is 4.28. The number of unbranched alkanes of at least 4 members (excludes halogenated alkanes) is 1. The molecule has 19 heavy (non-hydrogen) atoms. The van der Waals surface area contributed by atoms with Crippen LogP contribution in [0.4, 0.5) is 0 Å². The fraction of sp³-hybridized carbons (Fsp3) is 0.714. The first-order chi connectivity index (χ1) is 8.77. The lowest BCUT2D eigenvalue weighted by Crippen LogP contribution is -2.22. The molecule has 0 bridgehead atoms. The van der Waals surface area contributed by atoms with E-state index in [1.165, 1.54) is 11.3 Å². The Kier molecular flexibility index (Phi) is 5.50. The normalized spacial score (nSPS) is 15.2. The van der Waals surface area contributed by atoms with E-state index in [1.807, 2.05) is 27.7 Å². The van der Waals surface area contributed by atoms with Crippen molar-refractivity contribution in [1.82, 2.24) is 4.98 Å². The van der Waals surface area contributed by atoms with Crippen molar-refractivity contribution in [1.29, 1.82) is 0 Å². The summed E-state index contributed by atoms with van der Waals surface area (Å²) in [6, 6.07) is 0. The summed E-state index contributed by atoms with van der Waals surface area (Å²) in [6.07, 6.45) is 1.18. The molecule has 1 rings (SSSR count). The standard InChI is InChI=1S/C14H23NO3S/c1-5-6-7-9(12(17)18)11(16)10-8-19-13(15-10)14(2,3)4/h8-9,11,16H,5-7H2,1-4H3,(H,17,18). The molecule has 5 heteroatoms. The highest BCUT2D eigenvalue weighted by Crippen LogP contribution is 2.31. The summed E-state index contributed by atoms with van der Waals surface area (Å²) >= 11 is 1.47. The molecule has 0 spiro atoms. The van der Waals surface area contributed by atoms with Gasteiger partial charge in [0.05, 0.1) is 16.6 Å². The maximum atomic E-state index is 11.2. The van der Waals surface area contributed by atoms with E-state index in [0.29, 0.717) is 12.1 Å². The topological polar surface area (TPSA) is 70.4 Å². The van der Waals surface area contributed by atoms with E-state index in [4.69, 9.17) is 0 Å². The largest absolute Gasteiger partial charge is 0.481 e. The maximum Gasteiger partial charge on any atom is 0.309 e. The number of hydrogen-bond donors (Lipinski definition) is 2. The van der Waals surface area contributed by atoms with E-state index in [2.05, 4.69) is 4.98 Å². The Morgan fingerprint density at radius 2 is 2.11 bits per heavy atom. The molecule has 0 saturated carbocycles. The summed E-state index contributed by atoms with van der Waals surface area (Å²) in [5.41, 5.74) is 0.406. The van der Waals surface area contributed by atoms with Crippen LogP contribution in [-0.2, 0) is 10.2 Å². The molecule has 4 nitrogen and oxygen atoms in total. The Labute approximate surface area is 118 Å². The highest BCUT2D eigenvalue weighted by atomic mass is 32.1. The Bertz CT molecular complexity index is 423. The number of carboxylic acids is 1. The van der Waals surface area contributed by atoms with E-state index < -0.39 is 18.0 Å². The summed E-state index contributed by atoms with van der Waals surface area (Å²) < 4.78 is 0. The lowest BCUT2D eigenvalue weighted by atomic mass is 9.94. The van der Waals surface area contributed by atoms with Gasteiger partial charge in [-0.25, -0.2) is 4.98 Å². The second-order valence-electron chi connectivity index (χ2n) is 5.86. The molecule has 2 N–H and O–H groups in total. The van der Waals surface area contributed by atoms with Gasteiger partial charge in [0.2, 0.25) is 0 Å². The van der Waals surface area contributed by atoms with Crippen molar-refractivity contribution in [2.75, 3.05) is 0 Å². The van der Waals surface area contributed by atoms with Gasteiger partial charge in [-0.05, 0) is 6.42 Å². The van der Waals surface area contributed by atoms with Crippen LogP contribution in [0.5, 0.6) is 0 Å². The third-order valence-corrected chi connectivity index (χ3v) is 4.32. The van der Waals surface area contributed by atoms with Crippen LogP contribution in [0.25, 0.3) is 0 Å². The Balaban J connectivity index is 2.87. The van der Waals surface area contributed by atoms with Crippen LogP contribution in [-0.4, -0.2) is 21.2 Å². The molecule has 0 amide bonds. The van der Waals surface area contributed by atoms with Gasteiger partial charge in [-0.1, -0.05) is 40.5 Å². The molecule has 2 atom stereocenters. The van der Waals surface area contributed by atoms with E-state index in [9.17, 15) is 15.0 Å². The highest BCUT2D eigenvalue weighted by molar-refractivity contribution is 7.09. The number of aliphatic hydroxyl groups excluding tert-OH is 1. The molecule has 1 aromatic rings. The number of rotatable bonds is 6. The minimum absolute atomic E-state index is 0.0786. The summed E-state index contributed by atoms with van der Waals surface area (Å²) in [5, 5.41) is 22.1. The SMILES string of the molecule is CCCCC(C(=O)O)C(O)c1csc(C(C)(C)C)n1. The van der Waals surface area contributed by atoms with E-state index >= 15 is 0 Å². The zero-order chi connectivity index (χ0) is 14.6. The van der Waals surface area contributed by atoms with E-state index in [-0.39, 0.29) is 5.41 Å². The second-order valence-corrected chi connectivity index (χ2v) is 6.72. The van der Waals surface area contributed by atoms with Crippen molar-refractivity contribution in [3.8, 4) is 0 Å². The highest BCUT2D eigenvalue weighted by Gasteiger charge is 2.30. The van der Waals surface area contributed by atoms with Crippen LogP contribution in [0.2, 0.25) is 0 Å². The smallest absolute Gasteiger partial charge is 0.309 e. The molecule has 1 aromatic heterocycles. The van der Waals surface area contributed by atoms with E-state index in [0.717, 1.165) is 17.8 Å². The van der Waals surface area contributed by atoms with E-state index in [1.54, 1.807) is 5.38 Å². The average molecular weight is 285 g/mol. The number of thiazole rings is 1. The maximum absolute atomic E-state index is 11.2. The molecule has 2 unspecified atom stereocenters. The predicted molar refractivity (Wildman–Crippen MR) is 76.4 cm³/mol. The summed E-state index contributed by atoms with van der Waals surface area (Å²) in [4.78, 5) is 15.6. The first kappa shape index (κ1) is 16.1. The van der Waals surface area contributed by atoms with Gasteiger partial charge >= 0.3 is 5.97 Å². The van der Waals surface area contributed by atoms with Gasteiger partial charge in [-0.15, -0.1) is 11.3 Å². The predicted octanol–water partition coefficient (Wildman–Crippen LogP) is 3.37.